The molecule has 0 heterocycles. The third-order valence-electron chi connectivity index (χ3n) is 2.34. The quantitative estimate of drug-likeness (QED) is 0.470. The first-order valence-electron chi connectivity index (χ1n) is 6.01. The number of hydrogen-bond acceptors (Lipinski definition) is 2. The molecule has 0 aliphatic carbocycles. The van der Waals surface area contributed by atoms with E-state index < -0.39 is 18.3 Å². The number of nitrogens with one attached hydrogen (secondary N) is 1. The van der Waals surface area contributed by atoms with Crippen molar-refractivity contribution in [3.63, 3.8) is 0 Å². The van der Waals surface area contributed by atoms with Crippen LogP contribution in [0.4, 0.5) is 0 Å². The van der Waals surface area contributed by atoms with E-state index in [1.54, 1.807) is 0 Å². The maximum Gasteiger partial charge on any atom is 0.312 e. The van der Waals surface area contributed by atoms with Crippen LogP contribution in [-0.2, 0) is 9.59 Å². The summed E-state index contributed by atoms with van der Waals surface area (Å²) in [5, 5.41) is 10.9. The third kappa shape index (κ3) is 11.0. The molecule has 0 aromatic rings. The molecule has 0 spiro atoms. The smallest absolute Gasteiger partial charge is 0.312 e. The Morgan fingerprint density at radius 1 is 1.12 bits per heavy atom. The van der Waals surface area contributed by atoms with Crippen LogP contribution in [0.1, 0.15) is 52.4 Å². The standard InChI is InChI=1S/C12H23NO3/c1-10(2)7-5-3-4-6-8-13-11(14)9-12(15)16/h10H,3-9H2,1-2H3,(H,13,14)(H,15,16). The molecular weight excluding hydrogens is 206 g/mol. The lowest BCUT2D eigenvalue weighted by Gasteiger charge is -2.05. The summed E-state index contributed by atoms with van der Waals surface area (Å²) in [4.78, 5) is 21.1. The van der Waals surface area contributed by atoms with Crippen molar-refractivity contribution in [2.24, 2.45) is 5.92 Å². The summed E-state index contributed by atoms with van der Waals surface area (Å²) in [7, 11) is 0. The van der Waals surface area contributed by atoms with Crippen LogP contribution in [0.15, 0.2) is 0 Å². The van der Waals surface area contributed by atoms with Crippen LogP contribution in [0.25, 0.3) is 0 Å². The molecule has 0 unspecified atom stereocenters. The van der Waals surface area contributed by atoms with Gasteiger partial charge in [0.15, 0.2) is 0 Å². The molecule has 2 N–H and O–H groups in total. The first-order valence-corrected chi connectivity index (χ1v) is 6.01. The molecule has 94 valence electrons. The molecule has 0 saturated carbocycles. The van der Waals surface area contributed by atoms with Gasteiger partial charge in [-0.3, -0.25) is 9.59 Å². The number of amides is 1. The molecule has 0 bridgehead atoms. The number of hydrogen-bond donors (Lipinski definition) is 2. The van der Waals surface area contributed by atoms with Gasteiger partial charge in [0.25, 0.3) is 0 Å². The van der Waals surface area contributed by atoms with Crippen molar-refractivity contribution in [2.45, 2.75) is 52.4 Å². The van der Waals surface area contributed by atoms with Gasteiger partial charge >= 0.3 is 5.97 Å². The molecule has 0 aliphatic heterocycles. The zero-order valence-corrected chi connectivity index (χ0v) is 10.3. The summed E-state index contributed by atoms with van der Waals surface area (Å²) in [6, 6.07) is 0. The second-order valence-corrected chi connectivity index (χ2v) is 4.52. The van der Waals surface area contributed by atoms with Crippen LogP contribution in [0, 0.1) is 5.92 Å². The van der Waals surface area contributed by atoms with Gasteiger partial charge in [-0.15, -0.1) is 0 Å². The molecule has 0 aromatic carbocycles. The predicted octanol–water partition coefficient (Wildman–Crippen LogP) is 2.18. The summed E-state index contributed by atoms with van der Waals surface area (Å²) in [5.74, 6) is -0.709. The Morgan fingerprint density at radius 2 is 1.75 bits per heavy atom. The van der Waals surface area contributed by atoms with Crippen LogP contribution < -0.4 is 5.32 Å². The van der Waals surface area contributed by atoms with Crippen molar-refractivity contribution < 1.29 is 14.7 Å². The first kappa shape index (κ1) is 14.9. The number of aliphatic carboxylic acids is 1. The second-order valence-electron chi connectivity index (χ2n) is 4.52. The van der Waals surface area contributed by atoms with Gasteiger partial charge in [-0.2, -0.15) is 0 Å². The van der Waals surface area contributed by atoms with E-state index in [1.165, 1.54) is 19.3 Å². The third-order valence-corrected chi connectivity index (χ3v) is 2.34. The van der Waals surface area contributed by atoms with Crippen molar-refractivity contribution in [1.29, 1.82) is 0 Å². The minimum atomic E-state index is -1.07. The fourth-order valence-electron chi connectivity index (χ4n) is 1.46. The Bertz CT molecular complexity index is 214. The van der Waals surface area contributed by atoms with Crippen molar-refractivity contribution in [1.82, 2.24) is 5.32 Å². The zero-order valence-electron chi connectivity index (χ0n) is 10.3. The molecule has 0 aromatic heterocycles. The molecule has 0 atom stereocenters. The van der Waals surface area contributed by atoms with Crippen LogP contribution in [0.2, 0.25) is 0 Å². The topological polar surface area (TPSA) is 66.4 Å². The van der Waals surface area contributed by atoms with Gasteiger partial charge < -0.3 is 10.4 Å². The molecule has 0 rings (SSSR count). The van der Waals surface area contributed by atoms with E-state index in [1.807, 2.05) is 0 Å². The molecule has 0 saturated heterocycles. The van der Waals surface area contributed by atoms with E-state index in [0.717, 1.165) is 18.8 Å². The summed E-state index contributed by atoms with van der Waals surface area (Å²) >= 11 is 0. The second kappa shape index (κ2) is 9.19. The number of rotatable bonds is 9. The highest BCUT2D eigenvalue weighted by molar-refractivity contribution is 5.93. The van der Waals surface area contributed by atoms with Gasteiger partial charge in [0.2, 0.25) is 5.91 Å². The lowest BCUT2D eigenvalue weighted by molar-refractivity contribution is -0.140. The van der Waals surface area contributed by atoms with E-state index >= 15 is 0 Å². The molecule has 0 fully saturated rings. The van der Waals surface area contributed by atoms with Crippen LogP contribution >= 0.6 is 0 Å². The number of carboxylic acid groups (broad SMARTS) is 1. The zero-order chi connectivity index (χ0) is 12.4. The van der Waals surface area contributed by atoms with E-state index in [9.17, 15) is 9.59 Å². The number of carbonyl (C=O) groups excluding carboxylic acids is 1. The SMILES string of the molecule is CC(C)CCCCCCNC(=O)CC(=O)O. The Kier molecular flexibility index (Phi) is 8.58. The molecule has 4 nitrogen and oxygen atoms in total. The summed E-state index contributed by atoms with van der Waals surface area (Å²) in [6.07, 6.45) is 5.29. The molecule has 0 radical (unpaired) electrons. The Hall–Kier alpha value is -1.06. The highest BCUT2D eigenvalue weighted by Crippen LogP contribution is 2.08. The minimum Gasteiger partial charge on any atom is -0.481 e. The number of carboxylic acids is 1. The van der Waals surface area contributed by atoms with Crippen LogP contribution in [0.5, 0.6) is 0 Å². The van der Waals surface area contributed by atoms with Crippen molar-refractivity contribution in [2.75, 3.05) is 6.54 Å². The maximum atomic E-state index is 10.9. The summed E-state index contributed by atoms with van der Waals surface area (Å²) in [5.41, 5.74) is 0. The molecular formula is C12H23NO3. The molecule has 0 aliphatic rings. The van der Waals surface area contributed by atoms with E-state index in [0.29, 0.717) is 6.54 Å². The van der Waals surface area contributed by atoms with E-state index in [2.05, 4.69) is 19.2 Å². The average molecular weight is 229 g/mol. The Balaban J connectivity index is 3.21. The van der Waals surface area contributed by atoms with Crippen molar-refractivity contribution in [3.05, 3.63) is 0 Å². The monoisotopic (exact) mass is 229 g/mol. The summed E-state index contributed by atoms with van der Waals surface area (Å²) < 4.78 is 0. The fourth-order valence-corrected chi connectivity index (χ4v) is 1.46. The molecule has 1 amide bonds. The highest BCUT2D eigenvalue weighted by atomic mass is 16.4. The largest absolute Gasteiger partial charge is 0.481 e. The van der Waals surface area contributed by atoms with E-state index in [-0.39, 0.29) is 0 Å². The van der Waals surface area contributed by atoms with Crippen molar-refractivity contribution >= 4 is 11.9 Å². The normalized spacial score (nSPS) is 10.4. The summed E-state index contributed by atoms with van der Waals surface area (Å²) in [6.45, 7) is 5.02. The van der Waals surface area contributed by atoms with Gasteiger partial charge in [-0.25, -0.2) is 0 Å². The van der Waals surface area contributed by atoms with Gasteiger partial charge in [0.1, 0.15) is 6.42 Å². The Morgan fingerprint density at radius 3 is 2.31 bits per heavy atom. The fraction of sp³-hybridized carbons (Fsp3) is 0.833. The van der Waals surface area contributed by atoms with E-state index in [4.69, 9.17) is 5.11 Å². The average Bonchev–Trinajstić information content (AvgIpc) is 2.14. The predicted molar refractivity (Wildman–Crippen MR) is 63.2 cm³/mol. The molecule has 4 heteroatoms. The first-order chi connectivity index (χ1) is 7.52. The highest BCUT2D eigenvalue weighted by Gasteiger charge is 2.05. The van der Waals surface area contributed by atoms with Gasteiger partial charge in [0, 0.05) is 6.54 Å². The minimum absolute atomic E-state index is 0.394. The van der Waals surface area contributed by atoms with Crippen molar-refractivity contribution in [3.8, 4) is 0 Å². The number of unbranched alkanes of at least 4 members (excludes halogenated alkanes) is 3. The van der Waals surface area contributed by atoms with Gasteiger partial charge in [0.05, 0.1) is 0 Å². The maximum absolute atomic E-state index is 10.9. The van der Waals surface area contributed by atoms with Gasteiger partial charge in [-0.05, 0) is 12.3 Å². The number of carbonyl (C=O) groups is 2. The Labute approximate surface area is 97.4 Å². The van der Waals surface area contributed by atoms with Crippen LogP contribution in [0.3, 0.4) is 0 Å². The lowest BCUT2D eigenvalue weighted by Crippen LogP contribution is -2.26. The molecule has 16 heavy (non-hydrogen) atoms. The van der Waals surface area contributed by atoms with Gasteiger partial charge in [-0.1, -0.05) is 39.5 Å². The lowest BCUT2D eigenvalue weighted by atomic mass is 10.0. The van der Waals surface area contributed by atoms with Crippen LogP contribution in [-0.4, -0.2) is 23.5 Å².